The van der Waals surface area contributed by atoms with Gasteiger partial charge in [-0.3, -0.25) is 21.2 Å². The monoisotopic (exact) mass is 324 g/mol. The van der Waals surface area contributed by atoms with Crippen LogP contribution in [0.5, 0.6) is 0 Å². The lowest BCUT2D eigenvalue weighted by Gasteiger charge is -2.15. The number of hydrogen-bond acceptors (Lipinski definition) is 4. The van der Waals surface area contributed by atoms with E-state index in [-0.39, 0.29) is 11.9 Å². The summed E-state index contributed by atoms with van der Waals surface area (Å²) in [7, 11) is 0. The molecule has 19 heavy (non-hydrogen) atoms. The molecule has 0 spiro atoms. The molecule has 1 atom stereocenters. The van der Waals surface area contributed by atoms with Gasteiger partial charge in [-0.25, -0.2) is 4.39 Å². The molecule has 0 bridgehead atoms. The fraction of sp³-hybridized carbons (Fsp3) is 0.231. The zero-order valence-electron chi connectivity index (χ0n) is 10.4. The van der Waals surface area contributed by atoms with Crippen LogP contribution in [0.1, 0.15) is 23.0 Å². The number of nitrogens with two attached hydrogens (primary N) is 1. The molecule has 2 rings (SSSR count). The van der Waals surface area contributed by atoms with Crippen LogP contribution in [-0.4, -0.2) is 9.97 Å². The standard InChI is InChI=1S/C13H14BrFN4/c1-8-6-18-13(7-17-8)12(19-16)5-9-4-10(14)2-3-11(9)15/h2-4,6-7,12,19H,5,16H2,1H3. The maximum Gasteiger partial charge on any atom is 0.126 e. The molecule has 4 nitrogen and oxygen atoms in total. The van der Waals surface area contributed by atoms with Crippen molar-refractivity contribution in [3.05, 3.63) is 57.8 Å². The van der Waals surface area contributed by atoms with Crippen LogP contribution in [0.2, 0.25) is 0 Å². The third kappa shape index (κ3) is 3.56. The minimum atomic E-state index is -0.281. The number of aryl methyl sites for hydroxylation is 1. The normalized spacial score (nSPS) is 12.4. The number of aromatic nitrogens is 2. The molecular weight excluding hydrogens is 311 g/mol. The Bertz CT molecular complexity index is 559. The van der Waals surface area contributed by atoms with E-state index < -0.39 is 0 Å². The molecule has 0 saturated carbocycles. The molecule has 0 saturated heterocycles. The van der Waals surface area contributed by atoms with Crippen molar-refractivity contribution in [2.24, 2.45) is 5.84 Å². The quantitative estimate of drug-likeness (QED) is 0.669. The predicted octanol–water partition coefficient (Wildman–Crippen LogP) is 2.43. The van der Waals surface area contributed by atoms with Crippen molar-refractivity contribution in [2.75, 3.05) is 0 Å². The van der Waals surface area contributed by atoms with E-state index in [0.29, 0.717) is 17.7 Å². The first-order valence-electron chi connectivity index (χ1n) is 5.78. The summed E-state index contributed by atoms with van der Waals surface area (Å²) in [6.07, 6.45) is 3.71. The van der Waals surface area contributed by atoms with E-state index in [9.17, 15) is 4.39 Å². The molecule has 6 heteroatoms. The Morgan fingerprint density at radius 1 is 1.37 bits per heavy atom. The Kier molecular flexibility index (Phi) is 4.57. The Morgan fingerprint density at radius 3 is 2.79 bits per heavy atom. The predicted molar refractivity (Wildman–Crippen MR) is 74.6 cm³/mol. The van der Waals surface area contributed by atoms with E-state index in [0.717, 1.165) is 10.2 Å². The van der Waals surface area contributed by atoms with Gasteiger partial charge in [0.05, 0.1) is 23.6 Å². The van der Waals surface area contributed by atoms with Crippen molar-refractivity contribution in [1.29, 1.82) is 0 Å². The van der Waals surface area contributed by atoms with Crippen molar-refractivity contribution < 1.29 is 4.39 Å². The van der Waals surface area contributed by atoms with Gasteiger partial charge < -0.3 is 0 Å². The molecule has 1 aromatic heterocycles. The lowest BCUT2D eigenvalue weighted by molar-refractivity contribution is 0.516. The largest absolute Gasteiger partial charge is 0.271 e. The molecule has 1 heterocycles. The lowest BCUT2D eigenvalue weighted by Crippen LogP contribution is -2.30. The minimum absolute atomic E-state index is 0.261. The maximum atomic E-state index is 13.7. The van der Waals surface area contributed by atoms with Gasteiger partial charge in [0, 0.05) is 10.7 Å². The zero-order chi connectivity index (χ0) is 13.8. The molecule has 1 unspecified atom stereocenters. The highest BCUT2D eigenvalue weighted by molar-refractivity contribution is 9.10. The van der Waals surface area contributed by atoms with Crippen molar-refractivity contribution in [2.45, 2.75) is 19.4 Å². The number of nitrogens with zero attached hydrogens (tertiary/aromatic N) is 2. The van der Waals surface area contributed by atoms with Gasteiger partial charge in [-0.15, -0.1) is 0 Å². The average molecular weight is 325 g/mol. The number of hydrazine groups is 1. The summed E-state index contributed by atoms with van der Waals surface area (Å²) < 4.78 is 14.5. The molecule has 0 radical (unpaired) electrons. The van der Waals surface area contributed by atoms with E-state index >= 15 is 0 Å². The molecule has 1 aromatic carbocycles. The number of rotatable bonds is 4. The second kappa shape index (κ2) is 6.18. The summed E-state index contributed by atoms with van der Waals surface area (Å²) in [5.74, 6) is 5.27. The Morgan fingerprint density at radius 2 is 2.16 bits per heavy atom. The average Bonchev–Trinajstić information content (AvgIpc) is 2.41. The third-order valence-corrected chi connectivity index (χ3v) is 3.28. The summed E-state index contributed by atoms with van der Waals surface area (Å²) >= 11 is 3.33. The highest BCUT2D eigenvalue weighted by atomic mass is 79.9. The van der Waals surface area contributed by atoms with Crippen LogP contribution in [0.4, 0.5) is 4.39 Å². The molecular formula is C13H14BrFN4. The molecule has 0 fully saturated rings. The Balaban J connectivity index is 2.23. The van der Waals surface area contributed by atoms with Gasteiger partial charge in [0.25, 0.3) is 0 Å². The van der Waals surface area contributed by atoms with E-state index in [4.69, 9.17) is 5.84 Å². The molecule has 0 aliphatic heterocycles. The van der Waals surface area contributed by atoms with Gasteiger partial charge in [-0.05, 0) is 37.1 Å². The van der Waals surface area contributed by atoms with E-state index in [2.05, 4.69) is 31.3 Å². The molecule has 100 valence electrons. The number of halogens is 2. The smallest absolute Gasteiger partial charge is 0.126 e. The number of benzene rings is 1. The van der Waals surface area contributed by atoms with Gasteiger partial charge in [0.1, 0.15) is 5.82 Å². The first-order chi connectivity index (χ1) is 9.10. The van der Waals surface area contributed by atoms with E-state index in [1.807, 2.05) is 6.92 Å². The van der Waals surface area contributed by atoms with Gasteiger partial charge >= 0.3 is 0 Å². The third-order valence-electron chi connectivity index (χ3n) is 2.79. The summed E-state index contributed by atoms with van der Waals surface area (Å²) in [4.78, 5) is 8.43. The van der Waals surface area contributed by atoms with Gasteiger partial charge in [-0.1, -0.05) is 15.9 Å². The van der Waals surface area contributed by atoms with Crippen LogP contribution < -0.4 is 11.3 Å². The van der Waals surface area contributed by atoms with Crippen molar-refractivity contribution in [3.8, 4) is 0 Å². The fourth-order valence-electron chi connectivity index (χ4n) is 1.75. The Hall–Kier alpha value is -1.37. The molecule has 0 aliphatic carbocycles. The van der Waals surface area contributed by atoms with Crippen molar-refractivity contribution in [1.82, 2.24) is 15.4 Å². The van der Waals surface area contributed by atoms with Crippen molar-refractivity contribution >= 4 is 15.9 Å². The molecule has 2 aromatic rings. The molecule has 0 amide bonds. The highest BCUT2D eigenvalue weighted by Gasteiger charge is 2.15. The maximum absolute atomic E-state index is 13.7. The molecule has 3 N–H and O–H groups in total. The first kappa shape index (κ1) is 14.0. The number of nitrogens with one attached hydrogen (secondary N) is 1. The van der Waals surface area contributed by atoms with Gasteiger partial charge in [0.15, 0.2) is 0 Å². The van der Waals surface area contributed by atoms with E-state index in [1.165, 1.54) is 6.07 Å². The van der Waals surface area contributed by atoms with Crippen LogP contribution >= 0.6 is 15.9 Å². The summed E-state index contributed by atoms with van der Waals surface area (Å²) in [6, 6.07) is 4.54. The lowest BCUT2D eigenvalue weighted by atomic mass is 10.0. The summed E-state index contributed by atoms with van der Waals surface area (Å²) in [5, 5.41) is 0. The van der Waals surface area contributed by atoms with Gasteiger partial charge in [0.2, 0.25) is 0 Å². The first-order valence-corrected chi connectivity index (χ1v) is 6.58. The number of hydrogen-bond donors (Lipinski definition) is 2. The SMILES string of the molecule is Cc1cnc(C(Cc2cc(Br)ccc2F)NN)cn1. The molecule has 0 aliphatic rings. The van der Waals surface area contributed by atoms with Crippen LogP contribution in [0.3, 0.4) is 0 Å². The minimum Gasteiger partial charge on any atom is -0.271 e. The van der Waals surface area contributed by atoms with Crippen LogP contribution in [0, 0.1) is 12.7 Å². The highest BCUT2D eigenvalue weighted by Crippen LogP contribution is 2.21. The second-order valence-electron chi connectivity index (χ2n) is 4.24. The summed E-state index contributed by atoms with van der Waals surface area (Å²) in [6.45, 7) is 1.86. The van der Waals surface area contributed by atoms with Crippen LogP contribution in [0.25, 0.3) is 0 Å². The topological polar surface area (TPSA) is 63.8 Å². The fourth-order valence-corrected chi connectivity index (χ4v) is 2.16. The Labute approximate surface area is 119 Å². The van der Waals surface area contributed by atoms with Gasteiger partial charge in [-0.2, -0.15) is 0 Å². The van der Waals surface area contributed by atoms with Crippen molar-refractivity contribution in [3.63, 3.8) is 0 Å². The summed E-state index contributed by atoms with van der Waals surface area (Å²) in [5.41, 5.74) is 4.73. The second-order valence-corrected chi connectivity index (χ2v) is 5.16. The van der Waals surface area contributed by atoms with E-state index in [1.54, 1.807) is 24.5 Å². The zero-order valence-corrected chi connectivity index (χ0v) is 12.0. The van der Waals surface area contributed by atoms with Crippen LogP contribution in [-0.2, 0) is 6.42 Å². The van der Waals surface area contributed by atoms with Crippen LogP contribution in [0.15, 0.2) is 35.1 Å².